The van der Waals surface area contributed by atoms with Crippen molar-refractivity contribution in [2.45, 2.75) is 48.7 Å². The van der Waals surface area contributed by atoms with Crippen LogP contribution in [0.4, 0.5) is 0 Å². The molecule has 0 spiro atoms. The summed E-state index contributed by atoms with van der Waals surface area (Å²) in [5, 5.41) is 8.28. The molecule has 0 saturated carbocycles. The van der Waals surface area contributed by atoms with Gasteiger partial charge in [0.15, 0.2) is 5.78 Å². The van der Waals surface area contributed by atoms with Crippen molar-refractivity contribution in [3.05, 3.63) is 0 Å². The minimum atomic E-state index is -0.787. The van der Waals surface area contributed by atoms with E-state index in [1.165, 1.54) is 13.8 Å². The molecule has 1 N–H and O–H groups in total. The summed E-state index contributed by atoms with van der Waals surface area (Å²) >= 11 is 0. The maximum Gasteiger partial charge on any atom is 0.157 e. The van der Waals surface area contributed by atoms with Crippen molar-refractivity contribution in [1.82, 2.24) is 0 Å². The molecule has 98 valence electrons. The second kappa shape index (κ2) is 14.0. The van der Waals surface area contributed by atoms with Crippen LogP contribution in [0.25, 0.3) is 0 Å². The van der Waals surface area contributed by atoms with Gasteiger partial charge >= 0.3 is 0 Å². The van der Waals surface area contributed by atoms with Crippen LogP contribution in [0, 0.1) is 0 Å². The fourth-order valence-corrected chi connectivity index (χ4v) is 0.324. The van der Waals surface area contributed by atoms with Crippen LogP contribution in [0.2, 0.25) is 0 Å². The Bertz CT molecular complexity index is 215. The van der Waals surface area contributed by atoms with Gasteiger partial charge in [-0.3, -0.25) is 14.8 Å². The molecule has 4 heteroatoms. The number of nitrogens with zero attached hydrogens (tertiary/aromatic N) is 2. The van der Waals surface area contributed by atoms with E-state index in [9.17, 15) is 4.79 Å². The van der Waals surface area contributed by atoms with Gasteiger partial charge in [-0.15, -0.1) is 0 Å². The highest BCUT2D eigenvalue weighted by Gasteiger charge is 1.97. The first-order valence-corrected chi connectivity index (χ1v) is 4.42. The first-order chi connectivity index (χ1) is 6.36. The number of carbonyl (C=O) groups excluding carboxylic acids is 1. The Morgan fingerprint density at radius 3 is 1.25 bits per heavy atom. The van der Waals surface area contributed by atoms with E-state index in [4.69, 9.17) is 5.11 Å². The van der Waals surface area contributed by atoms with Gasteiger partial charge in [0.05, 0.1) is 11.4 Å². The Morgan fingerprint density at radius 2 is 1.19 bits per heavy atom. The van der Waals surface area contributed by atoms with Crippen molar-refractivity contribution in [2.75, 3.05) is 14.1 Å². The zero-order valence-corrected chi connectivity index (χ0v) is 9.83. The van der Waals surface area contributed by atoms with E-state index in [0.29, 0.717) is 0 Å². The number of carbonyl (C=O) groups is 1. The highest BCUT2D eigenvalue weighted by Crippen LogP contribution is 1.79. The van der Waals surface area contributed by atoms with Crippen LogP contribution in [-0.2, 0) is 4.79 Å². The molecular formula is C12H28N2O2. The van der Waals surface area contributed by atoms with Gasteiger partial charge in [-0.2, -0.15) is 0 Å². The highest BCUT2D eigenvalue weighted by atomic mass is 16.3. The van der Waals surface area contributed by atoms with Gasteiger partial charge in [-0.05, 0) is 27.7 Å². The zero-order chi connectivity index (χ0) is 11.7. The summed E-state index contributed by atoms with van der Waals surface area (Å²) in [6, 6.07) is 0. The maximum atomic E-state index is 9.89. The highest BCUT2D eigenvalue weighted by molar-refractivity contribution is 6.40. The Labute approximate surface area is 101 Å². The lowest BCUT2D eigenvalue weighted by atomic mass is 10.3. The number of ketones is 1. The molecule has 0 aliphatic carbocycles. The first-order valence-electron chi connectivity index (χ1n) is 4.42. The number of aliphatic hydroxyl groups excluding tert-OH is 1. The third-order valence-electron chi connectivity index (χ3n) is 1.78. The predicted molar refractivity (Wildman–Crippen MR) is 73.9 cm³/mol. The van der Waals surface area contributed by atoms with Crippen molar-refractivity contribution in [1.29, 1.82) is 0 Å². The summed E-state index contributed by atoms with van der Waals surface area (Å²) in [6.45, 7) is 6.69. The van der Waals surface area contributed by atoms with Crippen LogP contribution >= 0.6 is 0 Å². The molecule has 0 aromatic rings. The van der Waals surface area contributed by atoms with E-state index in [1.54, 1.807) is 14.1 Å². The third kappa shape index (κ3) is 15.4. The minimum absolute atomic E-state index is 0. The van der Waals surface area contributed by atoms with Crippen molar-refractivity contribution < 1.29 is 9.90 Å². The number of hydrogen-bond acceptors (Lipinski definition) is 4. The Hall–Kier alpha value is -1.03. The van der Waals surface area contributed by atoms with Crippen molar-refractivity contribution in [3.63, 3.8) is 0 Å². The lowest BCUT2D eigenvalue weighted by Crippen LogP contribution is -2.10. The van der Waals surface area contributed by atoms with Crippen LogP contribution in [0.1, 0.15) is 42.5 Å². The number of aliphatic hydroxyl groups is 1. The lowest BCUT2D eigenvalue weighted by Gasteiger charge is -1.92. The standard InChI is InChI=1S/C6H12N2.C4H8O2.2CH4/c1-5(7-3)6(2)8-4;1-3(5)4(2)6;;/h1-4H3;3,5H,1-2H3;2*1H4. The van der Waals surface area contributed by atoms with Crippen molar-refractivity contribution in [3.8, 4) is 0 Å². The molecule has 0 aliphatic heterocycles. The van der Waals surface area contributed by atoms with E-state index < -0.39 is 6.10 Å². The summed E-state index contributed by atoms with van der Waals surface area (Å²) < 4.78 is 0. The average Bonchev–Trinajstić information content (AvgIpc) is 2.16. The van der Waals surface area contributed by atoms with Gasteiger partial charge in [0, 0.05) is 14.1 Å². The van der Waals surface area contributed by atoms with E-state index in [1.807, 2.05) is 13.8 Å². The SMILES string of the molecule is C.C.CC(=O)C(C)O.CN=C(C)C(C)=NC. The van der Waals surface area contributed by atoms with E-state index in [0.717, 1.165) is 11.4 Å². The molecular weight excluding hydrogens is 204 g/mol. The molecule has 0 saturated heterocycles. The average molecular weight is 232 g/mol. The maximum absolute atomic E-state index is 9.89. The molecule has 0 aromatic heterocycles. The molecule has 0 aromatic carbocycles. The second-order valence-electron chi connectivity index (χ2n) is 2.90. The van der Waals surface area contributed by atoms with E-state index >= 15 is 0 Å². The van der Waals surface area contributed by atoms with Gasteiger partial charge in [-0.1, -0.05) is 14.9 Å². The Kier molecular flexibility index (Phi) is 21.2. The van der Waals surface area contributed by atoms with E-state index in [-0.39, 0.29) is 20.6 Å². The fourth-order valence-electron chi connectivity index (χ4n) is 0.324. The van der Waals surface area contributed by atoms with Crippen LogP contribution in [-0.4, -0.2) is 42.5 Å². The smallest absolute Gasteiger partial charge is 0.157 e. The second-order valence-corrected chi connectivity index (χ2v) is 2.90. The quantitative estimate of drug-likeness (QED) is 0.743. The topological polar surface area (TPSA) is 62.0 Å². The number of hydrogen-bond donors (Lipinski definition) is 1. The molecule has 0 amide bonds. The minimum Gasteiger partial charge on any atom is -0.386 e. The molecule has 1 atom stereocenters. The number of aliphatic imine (C=N–C) groups is 2. The van der Waals surface area contributed by atoms with Gasteiger partial charge < -0.3 is 5.11 Å². The third-order valence-corrected chi connectivity index (χ3v) is 1.78. The van der Waals surface area contributed by atoms with Crippen LogP contribution in [0.3, 0.4) is 0 Å². The first kappa shape index (κ1) is 24.3. The van der Waals surface area contributed by atoms with E-state index in [2.05, 4.69) is 9.98 Å². The zero-order valence-electron chi connectivity index (χ0n) is 9.83. The molecule has 4 nitrogen and oxygen atoms in total. The summed E-state index contributed by atoms with van der Waals surface area (Å²) in [4.78, 5) is 17.8. The summed E-state index contributed by atoms with van der Waals surface area (Å²) in [7, 11) is 3.54. The summed E-state index contributed by atoms with van der Waals surface area (Å²) in [5.41, 5.74) is 2.01. The molecule has 0 radical (unpaired) electrons. The number of rotatable bonds is 2. The molecule has 16 heavy (non-hydrogen) atoms. The number of Topliss-reactive ketones (excluding diaryl/α,β-unsaturated/α-hetero) is 1. The van der Waals surface area contributed by atoms with Crippen molar-refractivity contribution in [2.24, 2.45) is 9.98 Å². The van der Waals surface area contributed by atoms with Crippen LogP contribution < -0.4 is 0 Å². The molecule has 0 aliphatic rings. The molecule has 0 bridgehead atoms. The fraction of sp³-hybridized carbons (Fsp3) is 0.750. The predicted octanol–water partition coefficient (Wildman–Crippen LogP) is 2.40. The van der Waals surface area contributed by atoms with Gasteiger partial charge in [0.2, 0.25) is 0 Å². The largest absolute Gasteiger partial charge is 0.386 e. The summed E-state index contributed by atoms with van der Waals surface area (Å²) in [6.07, 6.45) is -0.787. The van der Waals surface area contributed by atoms with Gasteiger partial charge in [0.25, 0.3) is 0 Å². The Morgan fingerprint density at radius 1 is 1.00 bits per heavy atom. The molecule has 0 rings (SSSR count). The lowest BCUT2D eigenvalue weighted by molar-refractivity contribution is -0.124. The van der Waals surface area contributed by atoms with Gasteiger partial charge in [0.1, 0.15) is 6.10 Å². The monoisotopic (exact) mass is 232 g/mol. The normalized spacial score (nSPS) is 12.4. The molecule has 0 fully saturated rings. The Balaban J connectivity index is -0.0000000825. The van der Waals surface area contributed by atoms with Gasteiger partial charge in [-0.25, -0.2) is 0 Å². The molecule has 1 unspecified atom stereocenters. The summed E-state index contributed by atoms with van der Waals surface area (Å²) in [5.74, 6) is -0.185. The van der Waals surface area contributed by atoms with Crippen molar-refractivity contribution >= 4 is 17.2 Å². The van der Waals surface area contributed by atoms with Crippen LogP contribution in [0.15, 0.2) is 9.98 Å². The van der Waals surface area contributed by atoms with Crippen LogP contribution in [0.5, 0.6) is 0 Å². The molecule has 0 heterocycles.